The summed E-state index contributed by atoms with van der Waals surface area (Å²) in [5, 5.41) is 0.767. The van der Waals surface area contributed by atoms with E-state index in [4.69, 9.17) is 17.4 Å². The fourth-order valence-corrected chi connectivity index (χ4v) is 3.14. The summed E-state index contributed by atoms with van der Waals surface area (Å²) in [7, 11) is 0. The third-order valence-electron chi connectivity index (χ3n) is 2.90. The molecule has 3 N–H and O–H groups in total. The summed E-state index contributed by atoms with van der Waals surface area (Å²) in [6, 6.07) is 12.4. The highest BCUT2D eigenvalue weighted by Gasteiger charge is 2.13. The molecule has 1 unspecified atom stereocenters. The molecule has 1 heterocycles. The van der Waals surface area contributed by atoms with Crippen molar-refractivity contribution in [2.24, 2.45) is 5.84 Å². The third-order valence-corrected chi connectivity index (χ3v) is 4.48. The lowest BCUT2D eigenvalue weighted by atomic mass is 10.1. The number of hydrazine groups is 1. The minimum atomic E-state index is 0.147. The van der Waals surface area contributed by atoms with E-state index >= 15 is 0 Å². The smallest absolute Gasteiger partial charge is 0.0593 e. The monoisotopic (exact) mass is 280 g/mol. The Morgan fingerprint density at radius 1 is 1.33 bits per heavy atom. The average molecular weight is 281 g/mol. The summed E-state index contributed by atoms with van der Waals surface area (Å²) >= 11 is 7.81. The van der Waals surface area contributed by atoms with Gasteiger partial charge in [-0.25, -0.2) is 0 Å². The lowest BCUT2D eigenvalue weighted by Crippen LogP contribution is -2.28. The van der Waals surface area contributed by atoms with Crippen molar-refractivity contribution in [2.75, 3.05) is 0 Å². The van der Waals surface area contributed by atoms with Crippen molar-refractivity contribution in [2.45, 2.75) is 25.8 Å². The highest BCUT2D eigenvalue weighted by Crippen LogP contribution is 2.26. The molecule has 18 heavy (non-hydrogen) atoms. The predicted octanol–water partition coefficient (Wildman–Crippen LogP) is 3.71. The van der Waals surface area contributed by atoms with Gasteiger partial charge in [-0.15, -0.1) is 11.3 Å². The molecule has 1 aromatic carbocycles. The van der Waals surface area contributed by atoms with Gasteiger partial charge >= 0.3 is 0 Å². The van der Waals surface area contributed by atoms with Crippen LogP contribution in [0.2, 0.25) is 5.02 Å². The summed E-state index contributed by atoms with van der Waals surface area (Å²) < 4.78 is 0. The number of benzene rings is 1. The fourth-order valence-electron chi connectivity index (χ4n) is 1.91. The van der Waals surface area contributed by atoms with E-state index in [0.717, 1.165) is 17.9 Å². The molecule has 0 bridgehead atoms. The Hall–Kier alpha value is -0.870. The van der Waals surface area contributed by atoms with E-state index in [1.165, 1.54) is 15.3 Å². The Kier molecular flexibility index (Phi) is 4.78. The van der Waals surface area contributed by atoms with Gasteiger partial charge in [0.2, 0.25) is 0 Å². The fraction of sp³-hybridized carbons (Fsp3) is 0.286. The van der Waals surface area contributed by atoms with Gasteiger partial charge in [0, 0.05) is 14.8 Å². The molecule has 0 aliphatic carbocycles. The zero-order valence-electron chi connectivity index (χ0n) is 10.3. The molecule has 96 valence electrons. The van der Waals surface area contributed by atoms with E-state index in [-0.39, 0.29) is 6.04 Å². The van der Waals surface area contributed by atoms with Crippen LogP contribution in [-0.2, 0) is 12.8 Å². The first-order valence-electron chi connectivity index (χ1n) is 6.02. The van der Waals surface area contributed by atoms with Gasteiger partial charge in [0.15, 0.2) is 0 Å². The molecule has 2 aromatic rings. The zero-order valence-corrected chi connectivity index (χ0v) is 11.9. The minimum absolute atomic E-state index is 0.147. The van der Waals surface area contributed by atoms with Crippen LogP contribution in [0.4, 0.5) is 0 Å². The van der Waals surface area contributed by atoms with Crippen molar-refractivity contribution < 1.29 is 0 Å². The van der Waals surface area contributed by atoms with Gasteiger partial charge in [-0.05, 0) is 42.7 Å². The normalized spacial score (nSPS) is 12.6. The lowest BCUT2D eigenvalue weighted by Gasteiger charge is -2.14. The second-order valence-corrected chi connectivity index (χ2v) is 5.85. The Bertz CT molecular complexity index is 510. The molecule has 0 saturated heterocycles. The maximum absolute atomic E-state index is 6.00. The molecule has 0 aliphatic heterocycles. The number of aryl methyl sites for hydroxylation is 1. The molecule has 0 amide bonds. The van der Waals surface area contributed by atoms with E-state index in [1.807, 2.05) is 29.5 Å². The third kappa shape index (κ3) is 3.33. The molecular weight excluding hydrogens is 264 g/mol. The number of halogens is 1. The zero-order chi connectivity index (χ0) is 13.0. The van der Waals surface area contributed by atoms with Gasteiger partial charge in [-0.1, -0.05) is 30.7 Å². The van der Waals surface area contributed by atoms with E-state index in [0.29, 0.717) is 0 Å². The SMILES string of the molecule is CCc1ccc(C(Cc2cccc(Cl)c2)NN)s1. The standard InChI is InChI=1S/C14H17ClN2S/c1-2-12-6-7-14(18-12)13(17-16)9-10-4-3-5-11(15)8-10/h3-8,13,17H,2,9,16H2,1H3. The first-order valence-corrected chi connectivity index (χ1v) is 7.21. The van der Waals surface area contributed by atoms with Crippen molar-refractivity contribution >= 4 is 22.9 Å². The number of hydrogen-bond donors (Lipinski definition) is 2. The van der Waals surface area contributed by atoms with Crippen LogP contribution in [0, 0.1) is 0 Å². The molecule has 4 heteroatoms. The summed E-state index contributed by atoms with van der Waals surface area (Å²) in [5.41, 5.74) is 4.08. The van der Waals surface area contributed by atoms with E-state index < -0.39 is 0 Å². The Balaban J connectivity index is 2.14. The van der Waals surface area contributed by atoms with Crippen LogP contribution in [0.5, 0.6) is 0 Å². The van der Waals surface area contributed by atoms with Gasteiger partial charge in [0.25, 0.3) is 0 Å². The molecule has 1 atom stereocenters. The molecule has 2 rings (SSSR count). The molecule has 0 aliphatic rings. The van der Waals surface area contributed by atoms with Gasteiger partial charge < -0.3 is 0 Å². The van der Waals surface area contributed by atoms with Crippen molar-refractivity contribution in [3.05, 3.63) is 56.7 Å². The van der Waals surface area contributed by atoms with Crippen molar-refractivity contribution in [1.29, 1.82) is 0 Å². The van der Waals surface area contributed by atoms with Crippen LogP contribution in [-0.4, -0.2) is 0 Å². The van der Waals surface area contributed by atoms with Crippen molar-refractivity contribution in [1.82, 2.24) is 5.43 Å². The van der Waals surface area contributed by atoms with Crippen LogP contribution >= 0.6 is 22.9 Å². The number of nitrogens with one attached hydrogen (secondary N) is 1. The highest BCUT2D eigenvalue weighted by molar-refractivity contribution is 7.12. The summed E-state index contributed by atoms with van der Waals surface area (Å²) in [4.78, 5) is 2.66. The number of nitrogens with two attached hydrogens (primary N) is 1. The Labute approximate surface area is 117 Å². The number of hydrogen-bond acceptors (Lipinski definition) is 3. The largest absolute Gasteiger partial charge is 0.271 e. The molecule has 1 aromatic heterocycles. The van der Waals surface area contributed by atoms with E-state index in [1.54, 1.807) is 0 Å². The van der Waals surface area contributed by atoms with Crippen molar-refractivity contribution in [3.8, 4) is 0 Å². The Morgan fingerprint density at radius 2 is 2.17 bits per heavy atom. The highest BCUT2D eigenvalue weighted by atomic mass is 35.5. The van der Waals surface area contributed by atoms with Gasteiger partial charge in [-0.2, -0.15) is 0 Å². The van der Waals surface area contributed by atoms with Gasteiger partial charge in [0.1, 0.15) is 0 Å². The maximum Gasteiger partial charge on any atom is 0.0593 e. The second-order valence-electron chi connectivity index (χ2n) is 4.21. The van der Waals surface area contributed by atoms with Gasteiger partial charge in [-0.3, -0.25) is 11.3 Å². The molecule has 0 radical (unpaired) electrons. The summed E-state index contributed by atoms with van der Waals surface area (Å²) in [6.45, 7) is 2.16. The summed E-state index contributed by atoms with van der Waals surface area (Å²) in [5.74, 6) is 5.67. The van der Waals surface area contributed by atoms with E-state index in [2.05, 4.69) is 30.5 Å². The number of thiophene rings is 1. The van der Waals surface area contributed by atoms with Gasteiger partial charge in [0.05, 0.1) is 6.04 Å². The van der Waals surface area contributed by atoms with Crippen LogP contribution < -0.4 is 11.3 Å². The lowest BCUT2D eigenvalue weighted by molar-refractivity contribution is 0.560. The molecule has 0 spiro atoms. The quantitative estimate of drug-likeness (QED) is 0.647. The van der Waals surface area contributed by atoms with E-state index in [9.17, 15) is 0 Å². The summed E-state index contributed by atoms with van der Waals surface area (Å²) in [6.07, 6.45) is 1.92. The van der Waals surface area contributed by atoms with Crippen LogP contribution in [0.25, 0.3) is 0 Å². The first-order chi connectivity index (χ1) is 8.72. The van der Waals surface area contributed by atoms with Crippen LogP contribution in [0.15, 0.2) is 36.4 Å². The molecule has 0 saturated carbocycles. The number of rotatable bonds is 5. The average Bonchev–Trinajstić information content (AvgIpc) is 2.84. The molecule has 2 nitrogen and oxygen atoms in total. The molecule has 0 fully saturated rings. The molecular formula is C14H17ClN2S. The van der Waals surface area contributed by atoms with Crippen molar-refractivity contribution in [3.63, 3.8) is 0 Å². The first kappa shape index (κ1) is 13.6. The Morgan fingerprint density at radius 3 is 2.78 bits per heavy atom. The predicted molar refractivity (Wildman–Crippen MR) is 78.9 cm³/mol. The van der Waals surface area contributed by atoms with Crippen LogP contribution in [0.3, 0.4) is 0 Å². The second kappa shape index (κ2) is 6.34. The van der Waals surface area contributed by atoms with Crippen LogP contribution in [0.1, 0.15) is 28.3 Å². The minimum Gasteiger partial charge on any atom is -0.271 e. The maximum atomic E-state index is 6.00. The topological polar surface area (TPSA) is 38.0 Å².